The number of benzene rings is 1. The number of likely N-dealkylation sites (N-methyl/N-ethyl adjacent to an activating group) is 1. The molecule has 0 aromatic heterocycles. The standard InChI is InChI=1S/C19H28N4O3/c1-5-22(14(2)3)16-10-8-15(9-11-16)20-17(24)7-6-12-23-18(25)13-21(4)19(23)26/h8-11,14H,5-7,12-13H2,1-4H3,(H,20,24). The summed E-state index contributed by atoms with van der Waals surface area (Å²) in [5, 5.41) is 2.86. The van der Waals surface area contributed by atoms with E-state index in [9.17, 15) is 14.4 Å². The highest BCUT2D eigenvalue weighted by Crippen LogP contribution is 2.20. The molecule has 26 heavy (non-hydrogen) atoms. The van der Waals surface area contributed by atoms with Gasteiger partial charge in [-0.3, -0.25) is 14.5 Å². The number of imide groups is 1. The van der Waals surface area contributed by atoms with E-state index in [4.69, 9.17) is 0 Å². The summed E-state index contributed by atoms with van der Waals surface area (Å²) in [5.74, 6) is -0.333. The number of anilines is 2. The van der Waals surface area contributed by atoms with Gasteiger partial charge in [-0.15, -0.1) is 0 Å². The molecule has 1 aromatic carbocycles. The van der Waals surface area contributed by atoms with Gasteiger partial charge in [-0.25, -0.2) is 4.79 Å². The second kappa shape index (κ2) is 8.69. The van der Waals surface area contributed by atoms with E-state index >= 15 is 0 Å². The van der Waals surface area contributed by atoms with E-state index in [-0.39, 0.29) is 37.4 Å². The van der Waals surface area contributed by atoms with Crippen molar-refractivity contribution < 1.29 is 14.4 Å². The molecule has 142 valence electrons. The molecule has 1 aromatic rings. The van der Waals surface area contributed by atoms with Gasteiger partial charge in [0.25, 0.3) is 0 Å². The molecule has 1 N–H and O–H groups in total. The number of rotatable bonds is 8. The van der Waals surface area contributed by atoms with Crippen LogP contribution in [-0.2, 0) is 9.59 Å². The van der Waals surface area contributed by atoms with Gasteiger partial charge in [0, 0.05) is 44.0 Å². The molecule has 1 aliphatic rings. The summed E-state index contributed by atoms with van der Waals surface area (Å²) in [6, 6.07) is 7.89. The molecule has 0 aliphatic carbocycles. The van der Waals surface area contributed by atoms with Crippen molar-refractivity contribution in [3.63, 3.8) is 0 Å². The number of hydrogen-bond donors (Lipinski definition) is 1. The summed E-state index contributed by atoms with van der Waals surface area (Å²) < 4.78 is 0. The fraction of sp³-hybridized carbons (Fsp3) is 0.526. The van der Waals surface area contributed by atoms with Crippen molar-refractivity contribution >= 4 is 29.2 Å². The third-order valence-corrected chi connectivity index (χ3v) is 4.46. The van der Waals surface area contributed by atoms with Gasteiger partial charge in [-0.1, -0.05) is 0 Å². The third kappa shape index (κ3) is 4.74. The minimum Gasteiger partial charge on any atom is -0.369 e. The van der Waals surface area contributed by atoms with E-state index in [1.807, 2.05) is 24.3 Å². The van der Waals surface area contributed by atoms with Crippen LogP contribution in [0.2, 0.25) is 0 Å². The Morgan fingerprint density at radius 2 is 1.88 bits per heavy atom. The van der Waals surface area contributed by atoms with E-state index in [0.29, 0.717) is 12.5 Å². The van der Waals surface area contributed by atoms with E-state index in [0.717, 1.165) is 17.9 Å². The molecule has 4 amide bonds. The largest absolute Gasteiger partial charge is 0.369 e. The highest BCUT2D eigenvalue weighted by molar-refractivity contribution is 6.01. The molecule has 2 rings (SSSR count). The second-order valence-electron chi connectivity index (χ2n) is 6.76. The summed E-state index contributed by atoms with van der Waals surface area (Å²) in [6.45, 7) is 7.71. The first kappa shape index (κ1) is 19.8. The van der Waals surface area contributed by atoms with Crippen LogP contribution in [0.1, 0.15) is 33.6 Å². The molecule has 0 saturated carbocycles. The number of amides is 4. The van der Waals surface area contributed by atoms with Crippen LogP contribution in [-0.4, -0.2) is 60.4 Å². The first-order valence-corrected chi connectivity index (χ1v) is 9.05. The van der Waals surface area contributed by atoms with Gasteiger partial charge in [0.15, 0.2) is 0 Å². The van der Waals surface area contributed by atoms with E-state index in [1.54, 1.807) is 7.05 Å². The zero-order valence-corrected chi connectivity index (χ0v) is 16.0. The first-order valence-electron chi connectivity index (χ1n) is 9.05. The Kier molecular flexibility index (Phi) is 6.60. The quantitative estimate of drug-likeness (QED) is 0.723. The van der Waals surface area contributed by atoms with Crippen molar-refractivity contribution in [2.75, 3.05) is 36.9 Å². The van der Waals surface area contributed by atoms with E-state index < -0.39 is 0 Å². The molecule has 0 atom stereocenters. The number of hydrogen-bond acceptors (Lipinski definition) is 4. The van der Waals surface area contributed by atoms with Gasteiger partial charge in [0.05, 0.1) is 0 Å². The van der Waals surface area contributed by atoms with Crippen LogP contribution >= 0.6 is 0 Å². The van der Waals surface area contributed by atoms with Gasteiger partial charge < -0.3 is 15.1 Å². The Balaban J connectivity index is 1.81. The maximum Gasteiger partial charge on any atom is 0.326 e. The number of urea groups is 1. The molecule has 0 spiro atoms. The van der Waals surface area contributed by atoms with Crippen LogP contribution in [0.3, 0.4) is 0 Å². The van der Waals surface area contributed by atoms with Crippen LogP contribution in [0, 0.1) is 0 Å². The fourth-order valence-electron chi connectivity index (χ4n) is 3.09. The summed E-state index contributed by atoms with van der Waals surface area (Å²) in [6.07, 6.45) is 0.710. The predicted molar refractivity (Wildman–Crippen MR) is 102 cm³/mol. The van der Waals surface area contributed by atoms with Crippen molar-refractivity contribution in [2.45, 2.75) is 39.7 Å². The number of carbonyl (C=O) groups excluding carboxylic acids is 3. The molecule has 7 heteroatoms. The van der Waals surface area contributed by atoms with Crippen LogP contribution in [0.15, 0.2) is 24.3 Å². The lowest BCUT2D eigenvalue weighted by Gasteiger charge is -2.27. The lowest BCUT2D eigenvalue weighted by molar-refractivity contribution is -0.125. The molecular formula is C19H28N4O3. The smallest absolute Gasteiger partial charge is 0.326 e. The third-order valence-electron chi connectivity index (χ3n) is 4.46. The Hall–Kier alpha value is -2.57. The first-order chi connectivity index (χ1) is 12.3. The molecule has 1 aliphatic heterocycles. The van der Waals surface area contributed by atoms with Gasteiger partial charge in [-0.2, -0.15) is 0 Å². The van der Waals surface area contributed by atoms with Crippen molar-refractivity contribution in [3.05, 3.63) is 24.3 Å². The Morgan fingerprint density at radius 3 is 2.38 bits per heavy atom. The van der Waals surface area contributed by atoms with Gasteiger partial charge in [0.2, 0.25) is 11.8 Å². The molecule has 7 nitrogen and oxygen atoms in total. The van der Waals surface area contributed by atoms with Crippen LogP contribution in [0.5, 0.6) is 0 Å². The molecule has 1 saturated heterocycles. The molecule has 0 unspecified atom stereocenters. The SMILES string of the molecule is CCN(c1ccc(NC(=O)CCCN2C(=O)CN(C)C2=O)cc1)C(C)C. The molecular weight excluding hydrogens is 332 g/mol. The average Bonchev–Trinajstić information content (AvgIpc) is 2.83. The maximum absolute atomic E-state index is 12.1. The van der Waals surface area contributed by atoms with Crippen LogP contribution < -0.4 is 10.2 Å². The molecule has 0 radical (unpaired) electrons. The Morgan fingerprint density at radius 1 is 1.23 bits per heavy atom. The van der Waals surface area contributed by atoms with E-state index in [2.05, 4.69) is 31.0 Å². The molecule has 0 bridgehead atoms. The minimum absolute atomic E-state index is 0.114. The molecule has 1 fully saturated rings. The van der Waals surface area contributed by atoms with Crippen LogP contribution in [0.4, 0.5) is 16.2 Å². The summed E-state index contributed by atoms with van der Waals surface area (Å²) in [4.78, 5) is 40.4. The lowest BCUT2D eigenvalue weighted by atomic mass is 10.2. The van der Waals surface area contributed by atoms with Crippen molar-refractivity contribution in [1.82, 2.24) is 9.80 Å². The lowest BCUT2D eigenvalue weighted by Crippen LogP contribution is -2.32. The van der Waals surface area contributed by atoms with Gasteiger partial charge in [-0.05, 0) is 51.5 Å². The number of carbonyl (C=O) groups is 3. The Labute approximate surface area is 154 Å². The van der Waals surface area contributed by atoms with Gasteiger partial charge in [0.1, 0.15) is 6.54 Å². The van der Waals surface area contributed by atoms with Crippen molar-refractivity contribution in [3.8, 4) is 0 Å². The topological polar surface area (TPSA) is 73.0 Å². The zero-order valence-electron chi connectivity index (χ0n) is 16.0. The zero-order chi connectivity index (χ0) is 19.3. The molecule has 1 heterocycles. The minimum atomic E-state index is -0.295. The normalized spacial score (nSPS) is 14.3. The summed E-state index contributed by atoms with van der Waals surface area (Å²) in [5.41, 5.74) is 1.86. The van der Waals surface area contributed by atoms with Gasteiger partial charge >= 0.3 is 6.03 Å². The van der Waals surface area contributed by atoms with Crippen LogP contribution in [0.25, 0.3) is 0 Å². The van der Waals surface area contributed by atoms with Crippen molar-refractivity contribution in [1.29, 1.82) is 0 Å². The number of nitrogens with zero attached hydrogens (tertiary/aromatic N) is 3. The highest BCUT2D eigenvalue weighted by atomic mass is 16.2. The Bertz CT molecular complexity index is 657. The second-order valence-corrected chi connectivity index (χ2v) is 6.76. The van der Waals surface area contributed by atoms with E-state index in [1.165, 1.54) is 9.80 Å². The number of nitrogens with one attached hydrogen (secondary N) is 1. The maximum atomic E-state index is 12.1. The highest BCUT2D eigenvalue weighted by Gasteiger charge is 2.32. The van der Waals surface area contributed by atoms with Crippen molar-refractivity contribution in [2.24, 2.45) is 0 Å². The monoisotopic (exact) mass is 360 g/mol. The summed E-state index contributed by atoms with van der Waals surface area (Å²) >= 11 is 0. The summed E-state index contributed by atoms with van der Waals surface area (Å²) in [7, 11) is 1.59. The average molecular weight is 360 g/mol. The predicted octanol–water partition coefficient (Wildman–Crippen LogP) is 2.53. The fourth-order valence-corrected chi connectivity index (χ4v) is 3.09.